The summed E-state index contributed by atoms with van der Waals surface area (Å²) in [4.78, 5) is 15.2. The lowest BCUT2D eigenvalue weighted by molar-refractivity contribution is 0.882. The van der Waals surface area contributed by atoms with Crippen molar-refractivity contribution >= 4 is 39.5 Å². The van der Waals surface area contributed by atoms with E-state index < -0.39 is 0 Å². The second kappa shape index (κ2) is 6.23. The third-order valence-corrected chi connectivity index (χ3v) is 3.72. The van der Waals surface area contributed by atoms with Gasteiger partial charge in [0.05, 0.1) is 0 Å². The molecule has 1 aliphatic rings. The van der Waals surface area contributed by atoms with Crippen LogP contribution in [0.5, 0.6) is 0 Å². The van der Waals surface area contributed by atoms with E-state index in [1.165, 1.54) is 0 Å². The first-order valence-electron chi connectivity index (χ1n) is 6.75. The number of nitrogens with zero attached hydrogens (tertiary/aromatic N) is 4. The summed E-state index contributed by atoms with van der Waals surface area (Å²) in [6.45, 7) is 1.93. The zero-order valence-electron chi connectivity index (χ0n) is 11.4. The molecule has 0 saturated carbocycles. The van der Waals surface area contributed by atoms with Crippen LogP contribution in [-0.4, -0.2) is 28.0 Å². The molecule has 2 heterocycles. The number of hydrazine groups is 1. The highest BCUT2D eigenvalue weighted by atomic mass is 79.9. The molecule has 0 amide bonds. The topological polar surface area (TPSA) is 92.0 Å². The summed E-state index contributed by atoms with van der Waals surface area (Å²) in [5.74, 6) is 6.92. The molecule has 110 valence electrons. The van der Waals surface area contributed by atoms with Crippen LogP contribution in [0, 0.1) is 0 Å². The Morgan fingerprint density at radius 3 is 2.57 bits per heavy atom. The Bertz CT molecular complexity index is 628. The van der Waals surface area contributed by atoms with Crippen molar-refractivity contribution in [1.29, 1.82) is 0 Å². The minimum atomic E-state index is 0.351. The fourth-order valence-corrected chi connectivity index (χ4v) is 2.64. The van der Waals surface area contributed by atoms with Crippen molar-refractivity contribution in [2.24, 2.45) is 5.84 Å². The molecule has 1 saturated heterocycles. The normalized spacial score (nSPS) is 14.3. The van der Waals surface area contributed by atoms with E-state index in [0.29, 0.717) is 17.8 Å². The van der Waals surface area contributed by atoms with Gasteiger partial charge in [0.25, 0.3) is 0 Å². The SMILES string of the molecule is NNc1nc(Nc2cccc(Br)c2)nc(N2CCCC2)n1. The van der Waals surface area contributed by atoms with Gasteiger partial charge in [-0.3, -0.25) is 5.43 Å². The van der Waals surface area contributed by atoms with Crippen molar-refractivity contribution in [2.75, 3.05) is 28.7 Å². The highest BCUT2D eigenvalue weighted by Crippen LogP contribution is 2.22. The number of aromatic nitrogens is 3. The highest BCUT2D eigenvalue weighted by Gasteiger charge is 2.17. The number of hydrogen-bond acceptors (Lipinski definition) is 7. The average Bonchev–Trinajstić information content (AvgIpc) is 3.01. The molecular weight excluding hydrogens is 334 g/mol. The second-order valence-corrected chi connectivity index (χ2v) is 5.67. The van der Waals surface area contributed by atoms with Crippen LogP contribution in [-0.2, 0) is 0 Å². The molecule has 3 rings (SSSR count). The highest BCUT2D eigenvalue weighted by molar-refractivity contribution is 9.10. The lowest BCUT2D eigenvalue weighted by Crippen LogP contribution is -2.23. The van der Waals surface area contributed by atoms with Gasteiger partial charge in [-0.1, -0.05) is 22.0 Å². The van der Waals surface area contributed by atoms with E-state index in [9.17, 15) is 0 Å². The molecular formula is C13H16BrN7. The molecule has 1 aliphatic heterocycles. The number of hydrogen-bond donors (Lipinski definition) is 3. The van der Waals surface area contributed by atoms with Gasteiger partial charge in [-0.2, -0.15) is 15.0 Å². The van der Waals surface area contributed by atoms with Crippen molar-refractivity contribution in [3.05, 3.63) is 28.7 Å². The number of benzene rings is 1. The molecule has 21 heavy (non-hydrogen) atoms. The maximum atomic E-state index is 5.45. The molecule has 2 aromatic rings. The molecule has 0 atom stereocenters. The minimum absolute atomic E-state index is 0.351. The molecule has 1 aromatic carbocycles. The summed E-state index contributed by atoms with van der Waals surface area (Å²) in [5, 5.41) is 3.17. The van der Waals surface area contributed by atoms with Gasteiger partial charge in [-0.05, 0) is 31.0 Å². The molecule has 0 bridgehead atoms. The summed E-state index contributed by atoms with van der Waals surface area (Å²) in [7, 11) is 0. The van der Waals surface area contributed by atoms with Crippen molar-refractivity contribution in [2.45, 2.75) is 12.8 Å². The largest absolute Gasteiger partial charge is 0.341 e. The van der Waals surface area contributed by atoms with Crippen LogP contribution < -0.4 is 21.5 Å². The Balaban J connectivity index is 1.88. The van der Waals surface area contributed by atoms with E-state index in [1.807, 2.05) is 24.3 Å². The van der Waals surface area contributed by atoms with E-state index in [1.54, 1.807) is 0 Å². The summed E-state index contributed by atoms with van der Waals surface area (Å²) in [6.07, 6.45) is 2.32. The Morgan fingerprint density at radius 2 is 1.86 bits per heavy atom. The minimum Gasteiger partial charge on any atom is -0.341 e. The van der Waals surface area contributed by atoms with Gasteiger partial charge in [-0.25, -0.2) is 5.84 Å². The third-order valence-electron chi connectivity index (χ3n) is 3.22. The first-order chi connectivity index (χ1) is 10.2. The predicted molar refractivity (Wildman–Crippen MR) is 86.5 cm³/mol. The smallest absolute Gasteiger partial charge is 0.243 e. The maximum absolute atomic E-state index is 5.45. The maximum Gasteiger partial charge on any atom is 0.243 e. The van der Waals surface area contributed by atoms with Crippen LogP contribution in [0.4, 0.5) is 23.5 Å². The molecule has 0 radical (unpaired) electrons. The number of halogens is 1. The standard InChI is InChI=1S/C13H16BrN7/c14-9-4-3-5-10(8-9)16-11-17-12(20-15)19-13(18-11)21-6-1-2-7-21/h3-5,8H,1-2,6-7,15H2,(H2,16,17,18,19,20). The van der Waals surface area contributed by atoms with Crippen LogP contribution in [0.2, 0.25) is 0 Å². The number of nitrogens with two attached hydrogens (primary N) is 1. The molecule has 8 heteroatoms. The predicted octanol–water partition coefficient (Wildman–Crippen LogP) is 2.26. The molecule has 7 nitrogen and oxygen atoms in total. The van der Waals surface area contributed by atoms with Crippen LogP contribution in [0.25, 0.3) is 0 Å². The Labute approximate surface area is 131 Å². The summed E-state index contributed by atoms with van der Waals surface area (Å²) in [5.41, 5.74) is 3.38. The summed E-state index contributed by atoms with van der Waals surface area (Å²) in [6, 6.07) is 7.80. The van der Waals surface area contributed by atoms with E-state index in [2.05, 4.69) is 46.5 Å². The number of nitrogens with one attached hydrogen (secondary N) is 2. The first-order valence-corrected chi connectivity index (χ1v) is 7.54. The van der Waals surface area contributed by atoms with Crippen molar-refractivity contribution in [3.8, 4) is 0 Å². The van der Waals surface area contributed by atoms with Crippen molar-refractivity contribution in [1.82, 2.24) is 15.0 Å². The fraction of sp³-hybridized carbons (Fsp3) is 0.308. The van der Waals surface area contributed by atoms with E-state index in [-0.39, 0.29) is 0 Å². The second-order valence-electron chi connectivity index (χ2n) is 4.76. The third kappa shape index (κ3) is 3.40. The van der Waals surface area contributed by atoms with Gasteiger partial charge in [0.15, 0.2) is 0 Å². The fourth-order valence-electron chi connectivity index (χ4n) is 2.24. The van der Waals surface area contributed by atoms with E-state index in [0.717, 1.165) is 36.1 Å². The number of rotatable bonds is 4. The van der Waals surface area contributed by atoms with E-state index in [4.69, 9.17) is 5.84 Å². The van der Waals surface area contributed by atoms with Gasteiger partial charge in [-0.15, -0.1) is 0 Å². The molecule has 0 unspecified atom stereocenters. The molecule has 1 aromatic heterocycles. The Kier molecular flexibility index (Phi) is 4.16. The Hall–Kier alpha value is -1.93. The first kappa shape index (κ1) is 14.0. The van der Waals surface area contributed by atoms with Crippen molar-refractivity contribution in [3.63, 3.8) is 0 Å². The van der Waals surface area contributed by atoms with Gasteiger partial charge < -0.3 is 10.2 Å². The van der Waals surface area contributed by atoms with Crippen LogP contribution >= 0.6 is 15.9 Å². The van der Waals surface area contributed by atoms with E-state index >= 15 is 0 Å². The number of anilines is 4. The summed E-state index contributed by atoms with van der Waals surface area (Å²) >= 11 is 3.44. The quantitative estimate of drug-likeness (QED) is 0.575. The molecule has 0 spiro atoms. The van der Waals surface area contributed by atoms with Gasteiger partial charge in [0.2, 0.25) is 17.8 Å². The van der Waals surface area contributed by atoms with Crippen LogP contribution in [0.3, 0.4) is 0 Å². The van der Waals surface area contributed by atoms with Gasteiger partial charge in [0, 0.05) is 23.2 Å². The molecule has 4 N–H and O–H groups in total. The average molecular weight is 350 g/mol. The van der Waals surface area contributed by atoms with Gasteiger partial charge >= 0.3 is 0 Å². The monoisotopic (exact) mass is 349 g/mol. The zero-order valence-corrected chi connectivity index (χ0v) is 13.0. The van der Waals surface area contributed by atoms with Crippen LogP contribution in [0.15, 0.2) is 28.7 Å². The molecule has 0 aliphatic carbocycles. The lowest BCUT2D eigenvalue weighted by Gasteiger charge is -2.16. The number of nitrogen functional groups attached to an aromatic ring is 1. The van der Waals surface area contributed by atoms with Crippen molar-refractivity contribution < 1.29 is 0 Å². The molecule has 1 fully saturated rings. The van der Waals surface area contributed by atoms with Gasteiger partial charge in [0.1, 0.15) is 0 Å². The lowest BCUT2D eigenvalue weighted by atomic mass is 10.3. The van der Waals surface area contributed by atoms with Crippen LogP contribution in [0.1, 0.15) is 12.8 Å². The Morgan fingerprint density at radius 1 is 1.10 bits per heavy atom. The summed E-state index contributed by atoms with van der Waals surface area (Å²) < 4.78 is 0.985. The zero-order chi connectivity index (χ0) is 14.7.